The van der Waals surface area contributed by atoms with Gasteiger partial charge in [0.1, 0.15) is 5.75 Å². The van der Waals surface area contributed by atoms with E-state index in [1.807, 2.05) is 25.1 Å². The van der Waals surface area contributed by atoms with Gasteiger partial charge in [-0.1, -0.05) is 35.3 Å². The average Bonchev–Trinajstić information content (AvgIpc) is 2.69. The number of carbonyl (C=O) groups excluding carboxylic acids is 2. The fourth-order valence-electron chi connectivity index (χ4n) is 3.25. The molecule has 2 aromatic rings. The minimum Gasteiger partial charge on any atom is -0.496 e. The van der Waals surface area contributed by atoms with Gasteiger partial charge in [0.15, 0.2) is 0 Å². The lowest BCUT2D eigenvalue weighted by atomic mass is 10.1. The van der Waals surface area contributed by atoms with Crippen molar-refractivity contribution in [2.45, 2.75) is 13.3 Å². The van der Waals surface area contributed by atoms with Crippen LogP contribution in [0.25, 0.3) is 0 Å². The van der Waals surface area contributed by atoms with E-state index < -0.39 is 0 Å². The predicted octanol–water partition coefficient (Wildman–Crippen LogP) is 3.84. The molecule has 1 aliphatic rings. The van der Waals surface area contributed by atoms with Crippen LogP contribution in [-0.2, 0) is 11.2 Å². The number of carbonyl (C=O) groups is 2. The third-order valence-corrected chi connectivity index (χ3v) is 5.46. The third kappa shape index (κ3) is 4.59. The molecule has 1 fully saturated rings. The van der Waals surface area contributed by atoms with Gasteiger partial charge in [-0.25, -0.2) is 0 Å². The molecule has 0 N–H and O–H groups in total. The quantitative estimate of drug-likeness (QED) is 0.754. The summed E-state index contributed by atoms with van der Waals surface area (Å²) in [6, 6.07) is 10.6. The van der Waals surface area contributed by atoms with Crippen LogP contribution in [0.3, 0.4) is 0 Å². The maximum Gasteiger partial charge on any atom is 0.255 e. The van der Waals surface area contributed by atoms with Crippen LogP contribution < -0.4 is 4.74 Å². The lowest BCUT2D eigenvalue weighted by Crippen LogP contribution is -2.51. The van der Waals surface area contributed by atoms with E-state index in [1.54, 1.807) is 35.1 Å². The van der Waals surface area contributed by atoms with Gasteiger partial charge < -0.3 is 14.5 Å². The van der Waals surface area contributed by atoms with Crippen molar-refractivity contribution >= 4 is 35.0 Å². The highest BCUT2D eigenvalue weighted by atomic mass is 35.5. The van der Waals surface area contributed by atoms with Crippen LogP contribution in [0.5, 0.6) is 5.75 Å². The first kappa shape index (κ1) is 20.5. The Morgan fingerprint density at radius 2 is 1.68 bits per heavy atom. The first-order valence-corrected chi connectivity index (χ1v) is 9.80. The normalized spacial score (nSPS) is 14.1. The highest BCUT2D eigenvalue weighted by Crippen LogP contribution is 2.23. The molecule has 0 aromatic heterocycles. The minimum absolute atomic E-state index is 0.0440. The van der Waals surface area contributed by atoms with Gasteiger partial charge >= 0.3 is 0 Å². The third-order valence-electron chi connectivity index (χ3n) is 4.91. The van der Waals surface area contributed by atoms with Crippen molar-refractivity contribution in [2.24, 2.45) is 0 Å². The average molecular weight is 421 g/mol. The second kappa shape index (κ2) is 8.84. The molecule has 1 heterocycles. The van der Waals surface area contributed by atoms with Gasteiger partial charge in [-0.15, -0.1) is 0 Å². The molecule has 5 nitrogen and oxygen atoms in total. The Labute approximate surface area is 174 Å². The molecule has 1 aliphatic heterocycles. The molecule has 0 saturated carbocycles. The molecule has 0 unspecified atom stereocenters. The topological polar surface area (TPSA) is 49.9 Å². The zero-order valence-electron chi connectivity index (χ0n) is 15.9. The standard InChI is InChI=1S/C21H22Cl2N2O3/c1-14-3-4-15(11-19(14)28-2)12-20(26)24-7-9-25(10-8-24)21(27)17-6-5-16(22)13-18(17)23/h3-6,11,13H,7-10,12H2,1-2H3. The lowest BCUT2D eigenvalue weighted by molar-refractivity contribution is -0.131. The number of methoxy groups -OCH3 is 1. The Morgan fingerprint density at radius 1 is 1.00 bits per heavy atom. The fraction of sp³-hybridized carbons (Fsp3) is 0.333. The van der Waals surface area contributed by atoms with Gasteiger partial charge in [-0.05, 0) is 42.3 Å². The van der Waals surface area contributed by atoms with Crippen LogP contribution in [0.4, 0.5) is 0 Å². The molecule has 0 atom stereocenters. The molecule has 0 radical (unpaired) electrons. The first-order chi connectivity index (χ1) is 13.4. The number of ether oxygens (including phenoxy) is 1. The Morgan fingerprint density at radius 3 is 2.32 bits per heavy atom. The van der Waals surface area contributed by atoms with Crippen LogP contribution in [0.2, 0.25) is 10.0 Å². The molecule has 148 valence electrons. The molecule has 0 spiro atoms. The predicted molar refractivity (Wildman–Crippen MR) is 110 cm³/mol. The summed E-state index contributed by atoms with van der Waals surface area (Å²) in [6.45, 7) is 3.91. The number of rotatable bonds is 4. The Hall–Kier alpha value is -2.24. The van der Waals surface area contributed by atoms with Gasteiger partial charge in [0.2, 0.25) is 5.91 Å². The summed E-state index contributed by atoms with van der Waals surface area (Å²) in [5, 5.41) is 0.828. The largest absolute Gasteiger partial charge is 0.496 e. The summed E-state index contributed by atoms with van der Waals surface area (Å²) in [5.74, 6) is 0.681. The van der Waals surface area contributed by atoms with Gasteiger partial charge in [-0.3, -0.25) is 9.59 Å². The second-order valence-electron chi connectivity index (χ2n) is 6.78. The van der Waals surface area contributed by atoms with Gasteiger partial charge in [0.05, 0.1) is 24.1 Å². The molecule has 28 heavy (non-hydrogen) atoms. The van der Waals surface area contributed by atoms with Gasteiger partial charge in [-0.2, -0.15) is 0 Å². The number of nitrogens with zero attached hydrogens (tertiary/aromatic N) is 2. The maximum absolute atomic E-state index is 12.7. The summed E-state index contributed by atoms with van der Waals surface area (Å²) in [6.07, 6.45) is 0.313. The summed E-state index contributed by atoms with van der Waals surface area (Å²) >= 11 is 12.0. The number of halogens is 2. The molecule has 0 bridgehead atoms. The number of piperazine rings is 1. The Kier molecular flexibility index (Phi) is 6.47. The van der Waals surface area contributed by atoms with E-state index >= 15 is 0 Å². The van der Waals surface area contributed by atoms with Crippen molar-refractivity contribution in [3.8, 4) is 5.75 Å². The van der Waals surface area contributed by atoms with Crippen LogP contribution in [-0.4, -0.2) is 54.9 Å². The SMILES string of the molecule is COc1cc(CC(=O)N2CCN(C(=O)c3ccc(Cl)cc3Cl)CC2)ccc1C. The van der Waals surface area contributed by atoms with Crippen LogP contribution in [0.1, 0.15) is 21.5 Å². The lowest BCUT2D eigenvalue weighted by Gasteiger charge is -2.35. The van der Waals surface area contributed by atoms with E-state index in [-0.39, 0.29) is 11.8 Å². The zero-order valence-corrected chi connectivity index (χ0v) is 17.4. The summed E-state index contributed by atoms with van der Waals surface area (Å²) < 4.78 is 5.32. The molecule has 0 aliphatic carbocycles. The van der Waals surface area contributed by atoms with E-state index in [2.05, 4.69) is 0 Å². The molecule has 1 saturated heterocycles. The summed E-state index contributed by atoms with van der Waals surface area (Å²) in [4.78, 5) is 28.8. The smallest absolute Gasteiger partial charge is 0.255 e. The van der Waals surface area contributed by atoms with Crippen LogP contribution >= 0.6 is 23.2 Å². The minimum atomic E-state index is -0.142. The fourth-order valence-corrected chi connectivity index (χ4v) is 3.74. The van der Waals surface area contributed by atoms with Gasteiger partial charge in [0.25, 0.3) is 5.91 Å². The molecule has 2 aromatic carbocycles. The highest BCUT2D eigenvalue weighted by Gasteiger charge is 2.26. The van der Waals surface area contributed by atoms with Gasteiger partial charge in [0, 0.05) is 31.2 Å². The van der Waals surface area contributed by atoms with Crippen LogP contribution in [0.15, 0.2) is 36.4 Å². The number of benzene rings is 2. The maximum atomic E-state index is 12.7. The first-order valence-electron chi connectivity index (χ1n) is 9.04. The highest BCUT2D eigenvalue weighted by molar-refractivity contribution is 6.36. The van der Waals surface area contributed by atoms with E-state index in [0.29, 0.717) is 48.2 Å². The zero-order chi connectivity index (χ0) is 20.3. The molecular formula is C21H22Cl2N2O3. The summed E-state index contributed by atoms with van der Waals surface area (Å²) in [5.41, 5.74) is 2.38. The van der Waals surface area contributed by atoms with Crippen molar-refractivity contribution in [1.82, 2.24) is 9.80 Å². The monoisotopic (exact) mass is 420 g/mol. The van der Waals surface area contributed by atoms with Crippen molar-refractivity contribution in [2.75, 3.05) is 33.3 Å². The van der Waals surface area contributed by atoms with E-state index in [0.717, 1.165) is 16.9 Å². The van der Waals surface area contributed by atoms with Crippen molar-refractivity contribution < 1.29 is 14.3 Å². The number of amides is 2. The van der Waals surface area contributed by atoms with Crippen molar-refractivity contribution in [3.63, 3.8) is 0 Å². The van der Waals surface area contributed by atoms with Crippen LogP contribution in [0, 0.1) is 6.92 Å². The molecule has 2 amide bonds. The Bertz CT molecular complexity index is 893. The number of hydrogen-bond acceptors (Lipinski definition) is 3. The number of hydrogen-bond donors (Lipinski definition) is 0. The van der Waals surface area contributed by atoms with E-state index in [4.69, 9.17) is 27.9 Å². The molecule has 3 rings (SSSR count). The second-order valence-corrected chi connectivity index (χ2v) is 7.62. The van der Waals surface area contributed by atoms with E-state index in [9.17, 15) is 9.59 Å². The van der Waals surface area contributed by atoms with Crippen molar-refractivity contribution in [3.05, 3.63) is 63.1 Å². The van der Waals surface area contributed by atoms with Crippen molar-refractivity contribution in [1.29, 1.82) is 0 Å². The molecule has 7 heteroatoms. The number of aryl methyl sites for hydroxylation is 1. The summed E-state index contributed by atoms with van der Waals surface area (Å²) in [7, 11) is 1.62. The Balaban J connectivity index is 1.58. The molecular weight excluding hydrogens is 399 g/mol. The van der Waals surface area contributed by atoms with E-state index in [1.165, 1.54) is 0 Å².